The molecular weight excluding hydrogens is 364 g/mol. The van der Waals surface area contributed by atoms with E-state index in [0.29, 0.717) is 0 Å². The molecule has 0 unspecified atom stereocenters. The van der Waals surface area contributed by atoms with Crippen molar-refractivity contribution in [1.29, 1.82) is 0 Å². The van der Waals surface area contributed by atoms with Crippen LogP contribution in [0, 0.1) is 0 Å². The first kappa shape index (κ1) is 21.1. The number of nitrogens with two attached hydrogens (primary N) is 1. The summed E-state index contributed by atoms with van der Waals surface area (Å²) in [5.74, 6) is 0. The van der Waals surface area contributed by atoms with Crippen LogP contribution in [0.4, 0.5) is 5.69 Å². The predicted octanol–water partition coefficient (Wildman–Crippen LogP) is 5.16. The Balaban J connectivity index is 2.48. The lowest BCUT2D eigenvalue weighted by molar-refractivity contribution is 1.08. The van der Waals surface area contributed by atoms with E-state index in [1.165, 1.54) is 11.1 Å². The van der Waals surface area contributed by atoms with Gasteiger partial charge in [0, 0.05) is 18.1 Å². The average molecular weight is 393 g/mol. The van der Waals surface area contributed by atoms with E-state index in [4.69, 9.17) is 5.73 Å². The quantitative estimate of drug-likeness (QED) is 0.465. The van der Waals surface area contributed by atoms with Gasteiger partial charge in [0.2, 0.25) is 0 Å². The Morgan fingerprint density at radius 3 is 2.60 bits per heavy atom. The Hall–Kier alpha value is -3.65. The largest absolute Gasteiger partial charge is 0.399 e. The lowest BCUT2D eigenvalue weighted by atomic mass is 9.90. The summed E-state index contributed by atoms with van der Waals surface area (Å²) in [6.45, 7) is 8.22. The number of hydrogen-bond acceptors (Lipinski definition) is 2. The van der Waals surface area contributed by atoms with E-state index in [2.05, 4.69) is 74.0 Å². The van der Waals surface area contributed by atoms with Gasteiger partial charge in [0.15, 0.2) is 0 Å². The van der Waals surface area contributed by atoms with Crippen LogP contribution in [0.15, 0.2) is 109 Å². The molecule has 30 heavy (non-hydrogen) atoms. The van der Waals surface area contributed by atoms with Crippen LogP contribution in [-0.2, 0) is 0 Å². The van der Waals surface area contributed by atoms with E-state index in [-0.39, 0.29) is 0 Å². The number of aromatic nitrogens is 1. The van der Waals surface area contributed by atoms with Gasteiger partial charge in [0.05, 0.1) is 0 Å². The van der Waals surface area contributed by atoms with Crippen LogP contribution in [0.2, 0.25) is 0 Å². The molecule has 0 spiro atoms. The van der Waals surface area contributed by atoms with Gasteiger partial charge in [0.25, 0.3) is 0 Å². The molecule has 1 heterocycles. The number of nitrogens with zero attached hydrogens (tertiary/aromatic N) is 1. The number of benzene rings is 2. The SMILES string of the molecule is C=C\C=C/C(C(/c1cccc(N)c1)=c1/cccc/c1=C\c1cccnc1)=C(/C)CC. The van der Waals surface area contributed by atoms with Gasteiger partial charge in [-0.25, -0.2) is 0 Å². The summed E-state index contributed by atoms with van der Waals surface area (Å²) in [6.07, 6.45) is 12.7. The van der Waals surface area contributed by atoms with Crippen molar-refractivity contribution in [2.75, 3.05) is 5.73 Å². The topological polar surface area (TPSA) is 38.9 Å². The third-order valence-electron chi connectivity index (χ3n) is 5.07. The second-order valence-corrected chi connectivity index (χ2v) is 7.16. The van der Waals surface area contributed by atoms with Gasteiger partial charge in [-0.15, -0.1) is 0 Å². The summed E-state index contributed by atoms with van der Waals surface area (Å²) >= 11 is 0. The van der Waals surface area contributed by atoms with E-state index < -0.39 is 0 Å². The monoisotopic (exact) mass is 392 g/mol. The maximum Gasteiger partial charge on any atom is 0.0340 e. The normalized spacial score (nSPS) is 13.9. The lowest BCUT2D eigenvalue weighted by Crippen LogP contribution is -2.28. The Morgan fingerprint density at radius 1 is 1.07 bits per heavy atom. The maximum absolute atomic E-state index is 6.17. The zero-order chi connectivity index (χ0) is 21.3. The fourth-order valence-corrected chi connectivity index (χ4v) is 3.44. The molecule has 2 heteroatoms. The molecule has 3 rings (SSSR count). The Labute approximate surface area is 179 Å². The van der Waals surface area contributed by atoms with Crippen molar-refractivity contribution in [2.45, 2.75) is 20.3 Å². The van der Waals surface area contributed by atoms with Crippen LogP contribution in [0.5, 0.6) is 0 Å². The molecule has 0 aliphatic rings. The fourth-order valence-electron chi connectivity index (χ4n) is 3.44. The third kappa shape index (κ3) is 5.03. The van der Waals surface area contributed by atoms with E-state index in [0.717, 1.165) is 39.2 Å². The van der Waals surface area contributed by atoms with E-state index >= 15 is 0 Å². The molecule has 150 valence electrons. The van der Waals surface area contributed by atoms with Crippen LogP contribution < -0.4 is 16.2 Å². The second-order valence-electron chi connectivity index (χ2n) is 7.16. The van der Waals surface area contributed by atoms with Crippen LogP contribution in [0.25, 0.3) is 11.6 Å². The molecule has 0 amide bonds. The van der Waals surface area contributed by atoms with Gasteiger partial charge in [0.1, 0.15) is 0 Å². The minimum Gasteiger partial charge on any atom is -0.399 e. The molecule has 0 saturated heterocycles. The maximum atomic E-state index is 6.17. The zero-order valence-electron chi connectivity index (χ0n) is 17.7. The molecule has 0 aliphatic carbocycles. The van der Waals surface area contributed by atoms with Crippen LogP contribution in [0.1, 0.15) is 31.4 Å². The molecule has 3 aromatic rings. The van der Waals surface area contributed by atoms with Crippen molar-refractivity contribution in [3.05, 3.63) is 131 Å². The van der Waals surface area contributed by atoms with Crippen molar-refractivity contribution in [3.63, 3.8) is 0 Å². The third-order valence-corrected chi connectivity index (χ3v) is 5.07. The molecule has 2 N–H and O–H groups in total. The summed E-state index contributed by atoms with van der Waals surface area (Å²) in [5, 5.41) is 2.29. The van der Waals surface area contributed by atoms with E-state index in [9.17, 15) is 0 Å². The Bertz CT molecular complexity index is 1200. The molecule has 2 nitrogen and oxygen atoms in total. The summed E-state index contributed by atoms with van der Waals surface area (Å²) in [7, 11) is 0. The van der Waals surface area contributed by atoms with E-state index in [1.807, 2.05) is 42.6 Å². The highest BCUT2D eigenvalue weighted by Gasteiger charge is 2.11. The van der Waals surface area contributed by atoms with Gasteiger partial charge in [-0.2, -0.15) is 0 Å². The van der Waals surface area contributed by atoms with Crippen LogP contribution in [-0.4, -0.2) is 4.98 Å². The van der Waals surface area contributed by atoms with Gasteiger partial charge < -0.3 is 5.73 Å². The molecule has 0 aliphatic heterocycles. The average Bonchev–Trinajstić information content (AvgIpc) is 2.77. The highest BCUT2D eigenvalue weighted by atomic mass is 14.6. The predicted molar refractivity (Wildman–Crippen MR) is 129 cm³/mol. The first-order valence-corrected chi connectivity index (χ1v) is 10.2. The molecule has 0 radical (unpaired) electrons. The minimum absolute atomic E-state index is 0.750. The van der Waals surface area contributed by atoms with Gasteiger partial charge in [-0.3, -0.25) is 4.98 Å². The smallest absolute Gasteiger partial charge is 0.0340 e. The van der Waals surface area contributed by atoms with Crippen molar-refractivity contribution in [1.82, 2.24) is 4.98 Å². The summed E-state index contributed by atoms with van der Waals surface area (Å²) in [6, 6.07) is 20.6. The first-order chi connectivity index (χ1) is 14.6. The second kappa shape index (κ2) is 10.2. The number of nitrogen functional groups attached to an aromatic ring is 1. The standard InChI is InChI=1S/C28H28N2/c1-4-6-15-26(21(3)5-2)28(24-13-9-14-25(29)19-24)27-16-8-7-12-23(27)18-22-11-10-17-30-20-22/h4,6-20H,1,5,29H2,2-3H3/b15-6-,23-18+,26-21+,28-27-. The zero-order valence-corrected chi connectivity index (χ0v) is 17.7. The number of hydrogen-bond donors (Lipinski definition) is 1. The highest BCUT2D eigenvalue weighted by Crippen LogP contribution is 2.27. The van der Waals surface area contributed by atoms with Gasteiger partial charge >= 0.3 is 0 Å². The van der Waals surface area contributed by atoms with Crippen LogP contribution in [0.3, 0.4) is 0 Å². The van der Waals surface area contributed by atoms with Crippen molar-refractivity contribution in [2.24, 2.45) is 0 Å². The van der Waals surface area contributed by atoms with Crippen LogP contribution >= 0.6 is 0 Å². The van der Waals surface area contributed by atoms with Gasteiger partial charge in [-0.1, -0.05) is 79.8 Å². The summed E-state index contributed by atoms with van der Waals surface area (Å²) in [4.78, 5) is 4.26. The first-order valence-electron chi connectivity index (χ1n) is 10.2. The lowest BCUT2D eigenvalue weighted by Gasteiger charge is -2.15. The van der Waals surface area contributed by atoms with E-state index in [1.54, 1.807) is 6.20 Å². The molecule has 0 bridgehead atoms. The Kier molecular flexibility index (Phi) is 7.18. The highest BCUT2D eigenvalue weighted by molar-refractivity contribution is 5.83. The molecule has 0 atom stereocenters. The summed E-state index contributed by atoms with van der Waals surface area (Å²) in [5.41, 5.74) is 12.7. The van der Waals surface area contributed by atoms with Crippen molar-refractivity contribution < 1.29 is 0 Å². The molecular formula is C28H28N2. The number of anilines is 1. The molecule has 0 saturated carbocycles. The number of allylic oxidation sites excluding steroid dienone is 5. The van der Waals surface area contributed by atoms with Crippen molar-refractivity contribution in [3.8, 4) is 0 Å². The fraction of sp³-hybridized carbons (Fsp3) is 0.107. The molecule has 2 aromatic carbocycles. The minimum atomic E-state index is 0.750. The molecule has 1 aromatic heterocycles. The van der Waals surface area contributed by atoms with Crippen molar-refractivity contribution >= 4 is 17.3 Å². The van der Waals surface area contributed by atoms with Gasteiger partial charge in [-0.05, 0) is 70.3 Å². The Morgan fingerprint density at radius 2 is 1.90 bits per heavy atom. The molecule has 0 fully saturated rings. The summed E-state index contributed by atoms with van der Waals surface area (Å²) < 4.78 is 0. The number of pyridine rings is 1. The number of rotatable bonds is 6.